The number of likely N-dealkylation sites (N-methyl/N-ethyl adjacent to an activating group) is 1. The van der Waals surface area contributed by atoms with Gasteiger partial charge in [-0.05, 0) is 19.1 Å². The van der Waals surface area contributed by atoms with E-state index in [4.69, 9.17) is 23.2 Å². The summed E-state index contributed by atoms with van der Waals surface area (Å²) in [6, 6.07) is 3.89. The summed E-state index contributed by atoms with van der Waals surface area (Å²) in [6.07, 6.45) is 3.88. The second kappa shape index (κ2) is 7.59. The predicted octanol–water partition coefficient (Wildman–Crippen LogP) is 2.14. The molecule has 0 saturated heterocycles. The topological polar surface area (TPSA) is 88.3 Å². The van der Waals surface area contributed by atoms with Crippen molar-refractivity contribution in [3.8, 4) is 0 Å². The van der Waals surface area contributed by atoms with Gasteiger partial charge in [0.15, 0.2) is 0 Å². The van der Waals surface area contributed by atoms with E-state index >= 15 is 0 Å². The van der Waals surface area contributed by atoms with Gasteiger partial charge in [0, 0.05) is 22.2 Å². The second-order valence-electron chi connectivity index (χ2n) is 5.78. The van der Waals surface area contributed by atoms with Crippen LogP contribution in [-0.4, -0.2) is 51.4 Å². The number of aromatic nitrogens is 3. The highest BCUT2D eigenvalue weighted by Crippen LogP contribution is 2.36. The smallest absolute Gasteiger partial charge is 0.211 e. The number of halogens is 2. The van der Waals surface area contributed by atoms with Crippen LogP contribution >= 0.6 is 23.2 Å². The minimum Gasteiger partial charge on any atom is -0.381 e. The number of aliphatic hydroxyl groups is 1. The predicted molar refractivity (Wildman–Crippen MR) is 97.1 cm³/mol. The van der Waals surface area contributed by atoms with Gasteiger partial charge in [0.2, 0.25) is 10.0 Å². The molecule has 25 heavy (non-hydrogen) atoms. The molecular weight excluding hydrogens is 387 g/mol. The molecule has 2 atom stereocenters. The van der Waals surface area contributed by atoms with Gasteiger partial charge in [0.1, 0.15) is 18.3 Å². The Hall–Kier alpha value is -1.19. The lowest BCUT2D eigenvalue weighted by molar-refractivity contribution is -0.0387. The Kier molecular flexibility index (Phi) is 6.11. The van der Waals surface area contributed by atoms with Crippen LogP contribution in [-0.2, 0) is 22.2 Å². The van der Waals surface area contributed by atoms with E-state index in [1.54, 1.807) is 26.0 Å². The average Bonchev–Trinajstić information content (AvgIpc) is 2.98. The molecule has 1 N–H and O–H groups in total. The Morgan fingerprint density at radius 2 is 2.08 bits per heavy atom. The maximum absolute atomic E-state index is 12.1. The average molecular weight is 407 g/mol. The fraction of sp³-hybridized carbons (Fsp3) is 0.467. The Balaban J connectivity index is 2.59. The Bertz CT molecular complexity index is 829. The number of hydrogen-bond acceptors (Lipinski definition) is 5. The molecule has 2 unspecified atom stereocenters. The molecule has 10 heteroatoms. The first-order valence-electron chi connectivity index (χ1n) is 7.56. The molecule has 138 valence electrons. The van der Waals surface area contributed by atoms with Crippen LogP contribution in [0.1, 0.15) is 19.4 Å². The molecule has 1 aromatic heterocycles. The van der Waals surface area contributed by atoms with Gasteiger partial charge in [-0.3, -0.25) is 0 Å². The van der Waals surface area contributed by atoms with Crippen LogP contribution in [0.15, 0.2) is 30.9 Å². The molecule has 0 aliphatic heterocycles. The highest BCUT2D eigenvalue weighted by Gasteiger charge is 2.43. The van der Waals surface area contributed by atoms with Crippen molar-refractivity contribution in [1.82, 2.24) is 19.1 Å². The van der Waals surface area contributed by atoms with E-state index in [1.165, 1.54) is 27.7 Å². The van der Waals surface area contributed by atoms with E-state index in [1.807, 2.05) is 0 Å². The van der Waals surface area contributed by atoms with E-state index in [0.29, 0.717) is 10.6 Å². The monoisotopic (exact) mass is 406 g/mol. The summed E-state index contributed by atoms with van der Waals surface area (Å²) in [6.45, 7) is 3.51. The van der Waals surface area contributed by atoms with E-state index < -0.39 is 21.7 Å². The summed E-state index contributed by atoms with van der Waals surface area (Å²) in [5.74, 6) is 0. The minimum atomic E-state index is -3.55. The maximum Gasteiger partial charge on any atom is 0.211 e. The number of hydrogen-bond donors (Lipinski definition) is 1. The first kappa shape index (κ1) is 20.1. The highest BCUT2D eigenvalue weighted by molar-refractivity contribution is 7.88. The summed E-state index contributed by atoms with van der Waals surface area (Å²) < 4.78 is 26.9. The van der Waals surface area contributed by atoms with E-state index in [-0.39, 0.29) is 18.1 Å². The number of nitrogens with zero attached hydrogens (tertiary/aromatic N) is 4. The van der Waals surface area contributed by atoms with Crippen molar-refractivity contribution in [3.63, 3.8) is 0 Å². The molecule has 0 bridgehead atoms. The molecular formula is C15H20Cl2N4O3S. The van der Waals surface area contributed by atoms with Gasteiger partial charge < -0.3 is 5.11 Å². The Labute approximate surface area is 157 Å². The van der Waals surface area contributed by atoms with Crippen molar-refractivity contribution in [1.29, 1.82) is 0 Å². The lowest BCUT2D eigenvalue weighted by Gasteiger charge is -2.40. The van der Waals surface area contributed by atoms with Crippen LogP contribution in [0, 0.1) is 0 Å². The molecule has 7 nitrogen and oxygen atoms in total. The number of sulfonamides is 1. The fourth-order valence-electron chi connectivity index (χ4n) is 2.88. The fourth-order valence-corrected chi connectivity index (χ4v) is 4.67. The Morgan fingerprint density at radius 1 is 1.40 bits per heavy atom. The molecule has 2 rings (SSSR count). The standard InChI is InChI=1S/C15H20Cl2N4O3S/c1-4-21(25(3,23)24)11(2)15(22,8-20-10-18-9-19-20)13-6-5-12(16)7-14(13)17/h5-7,9-11,22H,4,8H2,1-3H3. The molecule has 1 heterocycles. The molecule has 0 saturated carbocycles. The van der Waals surface area contributed by atoms with Crippen molar-refractivity contribution in [3.05, 3.63) is 46.5 Å². The molecule has 0 spiro atoms. The third-order valence-corrected chi connectivity index (χ3v) is 6.10. The number of rotatable bonds is 7. The van der Waals surface area contributed by atoms with Crippen molar-refractivity contribution in [2.75, 3.05) is 12.8 Å². The summed E-state index contributed by atoms with van der Waals surface area (Å²) in [4.78, 5) is 3.86. The summed E-state index contributed by atoms with van der Waals surface area (Å²) in [7, 11) is -3.55. The lowest BCUT2D eigenvalue weighted by atomic mass is 9.86. The third kappa shape index (κ3) is 4.32. The van der Waals surface area contributed by atoms with Crippen LogP contribution in [0.25, 0.3) is 0 Å². The van der Waals surface area contributed by atoms with Crippen LogP contribution in [0.5, 0.6) is 0 Å². The second-order valence-corrected chi connectivity index (χ2v) is 8.56. The molecule has 0 aliphatic rings. The molecule has 0 fully saturated rings. The largest absolute Gasteiger partial charge is 0.381 e. The van der Waals surface area contributed by atoms with Gasteiger partial charge in [-0.25, -0.2) is 18.1 Å². The van der Waals surface area contributed by atoms with Gasteiger partial charge in [-0.1, -0.05) is 36.2 Å². The van der Waals surface area contributed by atoms with E-state index in [0.717, 1.165) is 6.26 Å². The Morgan fingerprint density at radius 3 is 2.56 bits per heavy atom. The van der Waals surface area contributed by atoms with Crippen LogP contribution in [0.2, 0.25) is 10.0 Å². The molecule has 0 radical (unpaired) electrons. The minimum absolute atomic E-state index is 0.0263. The first-order valence-corrected chi connectivity index (χ1v) is 10.2. The first-order chi connectivity index (χ1) is 11.6. The maximum atomic E-state index is 12.1. The van der Waals surface area contributed by atoms with Crippen molar-refractivity contribution < 1.29 is 13.5 Å². The molecule has 1 aromatic carbocycles. The third-order valence-electron chi connectivity index (χ3n) is 4.13. The normalized spacial score (nSPS) is 16.0. The summed E-state index contributed by atoms with van der Waals surface area (Å²) >= 11 is 12.3. The molecule has 0 aliphatic carbocycles. The van der Waals surface area contributed by atoms with E-state index in [9.17, 15) is 13.5 Å². The lowest BCUT2D eigenvalue weighted by Crippen LogP contribution is -2.53. The van der Waals surface area contributed by atoms with Gasteiger partial charge >= 0.3 is 0 Å². The molecule has 0 amide bonds. The zero-order valence-electron chi connectivity index (χ0n) is 14.1. The van der Waals surface area contributed by atoms with Crippen molar-refractivity contribution in [2.24, 2.45) is 0 Å². The van der Waals surface area contributed by atoms with Crippen molar-refractivity contribution in [2.45, 2.75) is 32.0 Å². The van der Waals surface area contributed by atoms with Gasteiger partial charge in [-0.2, -0.15) is 9.40 Å². The highest BCUT2D eigenvalue weighted by atomic mass is 35.5. The summed E-state index contributed by atoms with van der Waals surface area (Å²) in [5.41, 5.74) is -1.28. The SMILES string of the molecule is CCN(C(C)C(O)(Cn1cncn1)c1ccc(Cl)cc1Cl)S(C)(=O)=O. The van der Waals surface area contributed by atoms with Crippen LogP contribution < -0.4 is 0 Å². The van der Waals surface area contributed by atoms with E-state index in [2.05, 4.69) is 10.1 Å². The van der Waals surface area contributed by atoms with Gasteiger partial charge in [0.25, 0.3) is 0 Å². The van der Waals surface area contributed by atoms with Crippen molar-refractivity contribution >= 4 is 33.2 Å². The van der Waals surface area contributed by atoms with Crippen LogP contribution in [0.4, 0.5) is 0 Å². The van der Waals surface area contributed by atoms with Gasteiger partial charge in [-0.15, -0.1) is 0 Å². The number of benzene rings is 1. The molecule has 2 aromatic rings. The zero-order valence-corrected chi connectivity index (χ0v) is 16.4. The van der Waals surface area contributed by atoms with Gasteiger partial charge in [0.05, 0.1) is 18.8 Å². The zero-order chi connectivity index (χ0) is 18.8. The quantitative estimate of drug-likeness (QED) is 0.760. The summed E-state index contributed by atoms with van der Waals surface area (Å²) in [5, 5.41) is 16.2. The van der Waals surface area contributed by atoms with Crippen LogP contribution in [0.3, 0.4) is 0 Å².